The van der Waals surface area contributed by atoms with E-state index in [1.807, 2.05) is 6.07 Å². The van der Waals surface area contributed by atoms with Gasteiger partial charge in [-0.25, -0.2) is 9.97 Å². The largest absolute Gasteiger partial charge is 0.396 e. The third-order valence-electron chi connectivity index (χ3n) is 4.71. The lowest BCUT2D eigenvalue weighted by molar-refractivity contribution is 0.180. The van der Waals surface area contributed by atoms with Crippen molar-refractivity contribution in [3.05, 3.63) is 17.6 Å². The zero-order valence-electron chi connectivity index (χ0n) is 15.2. The summed E-state index contributed by atoms with van der Waals surface area (Å²) in [7, 11) is 3.81. The predicted molar refractivity (Wildman–Crippen MR) is 92.7 cm³/mol. The highest BCUT2D eigenvalue weighted by atomic mass is 16.5. The van der Waals surface area contributed by atoms with Crippen LogP contribution in [0.25, 0.3) is 0 Å². The van der Waals surface area contributed by atoms with Crippen LogP contribution in [0.3, 0.4) is 0 Å². The monoisotopic (exact) mass is 321 g/mol. The van der Waals surface area contributed by atoms with Crippen LogP contribution in [0.4, 0.5) is 5.82 Å². The first kappa shape index (κ1) is 18.1. The molecule has 1 N–H and O–H groups in total. The van der Waals surface area contributed by atoms with E-state index in [4.69, 9.17) is 9.72 Å². The molecule has 1 heterocycles. The molecule has 5 nitrogen and oxygen atoms in total. The molecule has 2 rings (SSSR count). The Morgan fingerprint density at radius 1 is 1.22 bits per heavy atom. The minimum Gasteiger partial charge on any atom is -0.396 e. The van der Waals surface area contributed by atoms with Gasteiger partial charge in [-0.2, -0.15) is 0 Å². The Labute approximate surface area is 140 Å². The van der Waals surface area contributed by atoms with Crippen LogP contribution in [0.2, 0.25) is 0 Å². The summed E-state index contributed by atoms with van der Waals surface area (Å²) >= 11 is 0. The maximum atomic E-state index is 9.31. The molecule has 0 spiro atoms. The van der Waals surface area contributed by atoms with E-state index in [1.165, 1.54) is 0 Å². The van der Waals surface area contributed by atoms with Gasteiger partial charge in [0.25, 0.3) is 0 Å². The van der Waals surface area contributed by atoms with Crippen LogP contribution in [-0.4, -0.2) is 41.9 Å². The molecule has 1 aromatic rings. The molecule has 0 aromatic carbocycles. The fourth-order valence-electron chi connectivity index (χ4n) is 3.12. The van der Waals surface area contributed by atoms with Gasteiger partial charge in [0.15, 0.2) is 0 Å². The summed E-state index contributed by atoms with van der Waals surface area (Å²) in [6, 6.07) is 2.52. The highest BCUT2D eigenvalue weighted by molar-refractivity contribution is 5.41. The first-order chi connectivity index (χ1) is 10.8. The van der Waals surface area contributed by atoms with Crippen molar-refractivity contribution in [2.24, 2.45) is 5.92 Å². The van der Waals surface area contributed by atoms with Crippen LogP contribution in [0.5, 0.6) is 0 Å². The Kier molecular flexibility index (Phi) is 5.98. The molecule has 23 heavy (non-hydrogen) atoms. The van der Waals surface area contributed by atoms with Gasteiger partial charge in [0.1, 0.15) is 11.6 Å². The molecule has 0 radical (unpaired) electrons. The molecule has 1 saturated carbocycles. The minimum atomic E-state index is -0.0894. The van der Waals surface area contributed by atoms with E-state index in [-0.39, 0.29) is 5.41 Å². The molecule has 0 unspecified atom stereocenters. The van der Waals surface area contributed by atoms with Gasteiger partial charge in [-0.15, -0.1) is 0 Å². The summed E-state index contributed by atoms with van der Waals surface area (Å²) in [5, 5.41) is 9.31. The standard InChI is InChI=1S/C18H31N3O2/c1-18(2,3)17-19-14(12-23-5)10-16(20-17)21(4)15-8-6-13(11-22)7-9-15/h10,13,15,22H,6-9,11-12H2,1-5H3. The minimum absolute atomic E-state index is 0.0894. The Morgan fingerprint density at radius 2 is 1.87 bits per heavy atom. The van der Waals surface area contributed by atoms with Crippen molar-refractivity contribution in [3.8, 4) is 0 Å². The Balaban J connectivity index is 2.21. The Hall–Kier alpha value is -1.20. The van der Waals surface area contributed by atoms with E-state index in [2.05, 4.69) is 37.7 Å². The SMILES string of the molecule is COCc1cc(N(C)C2CCC(CO)CC2)nc(C(C)(C)C)n1. The van der Waals surface area contributed by atoms with Crippen molar-refractivity contribution in [3.63, 3.8) is 0 Å². The normalized spacial score (nSPS) is 22.2. The lowest BCUT2D eigenvalue weighted by Gasteiger charge is -2.35. The fourth-order valence-corrected chi connectivity index (χ4v) is 3.12. The Morgan fingerprint density at radius 3 is 2.39 bits per heavy atom. The highest BCUT2D eigenvalue weighted by Gasteiger charge is 2.26. The topological polar surface area (TPSA) is 58.5 Å². The van der Waals surface area contributed by atoms with Gasteiger partial charge in [-0.1, -0.05) is 20.8 Å². The summed E-state index contributed by atoms with van der Waals surface area (Å²) in [4.78, 5) is 11.7. The zero-order valence-corrected chi connectivity index (χ0v) is 15.2. The van der Waals surface area contributed by atoms with Crippen molar-refractivity contribution in [1.82, 2.24) is 9.97 Å². The number of nitrogens with zero attached hydrogens (tertiary/aromatic N) is 3. The van der Waals surface area contributed by atoms with E-state index in [0.717, 1.165) is 43.0 Å². The van der Waals surface area contributed by atoms with Gasteiger partial charge in [0.05, 0.1) is 12.3 Å². The maximum absolute atomic E-state index is 9.31. The number of aromatic nitrogens is 2. The van der Waals surface area contributed by atoms with Crippen LogP contribution in [0, 0.1) is 5.92 Å². The summed E-state index contributed by atoms with van der Waals surface area (Å²) in [5.41, 5.74) is 0.840. The molecule has 1 aliphatic carbocycles. The summed E-state index contributed by atoms with van der Waals surface area (Å²) in [6.45, 7) is 7.22. The maximum Gasteiger partial charge on any atom is 0.136 e. The van der Waals surface area contributed by atoms with Crippen molar-refractivity contribution in [1.29, 1.82) is 0 Å². The number of hydrogen-bond acceptors (Lipinski definition) is 5. The second kappa shape index (κ2) is 7.58. The number of aliphatic hydroxyl groups excluding tert-OH is 1. The molecule has 0 saturated heterocycles. The van der Waals surface area contributed by atoms with Gasteiger partial charge < -0.3 is 14.7 Å². The fraction of sp³-hybridized carbons (Fsp3) is 0.778. The van der Waals surface area contributed by atoms with E-state index < -0.39 is 0 Å². The summed E-state index contributed by atoms with van der Waals surface area (Å²) in [5.74, 6) is 2.31. The van der Waals surface area contributed by atoms with E-state index in [1.54, 1.807) is 7.11 Å². The zero-order chi connectivity index (χ0) is 17.0. The van der Waals surface area contributed by atoms with Gasteiger partial charge >= 0.3 is 0 Å². The number of hydrogen-bond donors (Lipinski definition) is 1. The van der Waals surface area contributed by atoms with Crippen LogP contribution in [-0.2, 0) is 16.8 Å². The second-order valence-corrected chi connectivity index (χ2v) is 7.69. The summed E-state index contributed by atoms with van der Waals surface area (Å²) < 4.78 is 5.27. The van der Waals surface area contributed by atoms with Crippen molar-refractivity contribution < 1.29 is 9.84 Å². The molecule has 1 aliphatic rings. The third-order valence-corrected chi connectivity index (χ3v) is 4.71. The number of ether oxygens (including phenoxy) is 1. The molecule has 1 fully saturated rings. The van der Waals surface area contributed by atoms with Gasteiger partial charge in [-0.3, -0.25) is 0 Å². The van der Waals surface area contributed by atoms with Crippen molar-refractivity contribution >= 4 is 5.82 Å². The van der Waals surface area contributed by atoms with E-state index in [0.29, 0.717) is 25.2 Å². The highest BCUT2D eigenvalue weighted by Crippen LogP contribution is 2.30. The molecule has 1 aromatic heterocycles. The molecule has 0 bridgehead atoms. The number of methoxy groups -OCH3 is 1. The quantitative estimate of drug-likeness (QED) is 0.903. The molecule has 0 atom stereocenters. The van der Waals surface area contributed by atoms with E-state index >= 15 is 0 Å². The number of anilines is 1. The van der Waals surface area contributed by atoms with Crippen LogP contribution in [0.1, 0.15) is 58.0 Å². The first-order valence-electron chi connectivity index (χ1n) is 8.56. The molecule has 0 aliphatic heterocycles. The summed E-state index contributed by atoms with van der Waals surface area (Å²) in [6.07, 6.45) is 4.40. The molecular weight excluding hydrogens is 290 g/mol. The number of rotatable bonds is 5. The molecule has 5 heteroatoms. The van der Waals surface area contributed by atoms with Crippen LogP contribution >= 0.6 is 0 Å². The predicted octanol–water partition coefficient (Wildman–Crippen LogP) is 2.91. The lowest BCUT2D eigenvalue weighted by Crippen LogP contribution is -2.37. The first-order valence-corrected chi connectivity index (χ1v) is 8.56. The number of aliphatic hydroxyl groups is 1. The molecule has 130 valence electrons. The van der Waals surface area contributed by atoms with Crippen LogP contribution in [0.15, 0.2) is 6.07 Å². The second-order valence-electron chi connectivity index (χ2n) is 7.69. The average molecular weight is 321 g/mol. The van der Waals surface area contributed by atoms with Gasteiger partial charge in [0, 0.05) is 38.3 Å². The molecular formula is C18H31N3O2. The molecule has 0 amide bonds. The smallest absolute Gasteiger partial charge is 0.136 e. The van der Waals surface area contributed by atoms with Crippen molar-refractivity contribution in [2.45, 2.75) is 64.5 Å². The third kappa shape index (κ3) is 4.64. The van der Waals surface area contributed by atoms with Gasteiger partial charge in [-0.05, 0) is 31.6 Å². The van der Waals surface area contributed by atoms with E-state index in [9.17, 15) is 5.11 Å². The average Bonchev–Trinajstić information content (AvgIpc) is 2.53. The van der Waals surface area contributed by atoms with Crippen molar-refractivity contribution in [2.75, 3.05) is 25.7 Å². The van der Waals surface area contributed by atoms with Gasteiger partial charge in [0.2, 0.25) is 0 Å². The lowest BCUT2D eigenvalue weighted by atomic mass is 9.86. The van der Waals surface area contributed by atoms with Crippen LogP contribution < -0.4 is 4.90 Å². The Bertz CT molecular complexity index is 505.